The number of fused-ring (bicyclic) bond motifs is 5. The van der Waals surface area contributed by atoms with Gasteiger partial charge in [0.15, 0.2) is 5.78 Å². The van der Waals surface area contributed by atoms with Gasteiger partial charge in [-0.2, -0.15) is 0 Å². The second-order valence-electron chi connectivity index (χ2n) is 8.76. The standard InChI is InChI=1S/C27H26N2O2S/c1-32-25-15-21(28-27(29-25)18-10-4-6-12-22(18)30)20-14-24-26(17-9-3-2-8-16(17)20)19-11-5-7-13-23(19)31-24/h2-3,5-9,11-14,19,21,23,25,28-29H,4,10,15H2,1H3. The topological polar surface area (TPSA) is 50.4 Å². The molecule has 0 radical (unpaired) electrons. The zero-order valence-electron chi connectivity index (χ0n) is 18.0. The van der Waals surface area contributed by atoms with E-state index in [1.165, 1.54) is 21.9 Å². The molecule has 0 bridgehead atoms. The summed E-state index contributed by atoms with van der Waals surface area (Å²) in [5, 5.41) is 10.0. The molecule has 6 rings (SSSR count). The van der Waals surface area contributed by atoms with Crippen LogP contribution in [-0.4, -0.2) is 23.5 Å². The fraction of sp³-hybridized carbons (Fsp3) is 0.296. The van der Waals surface area contributed by atoms with Crippen LogP contribution < -0.4 is 15.4 Å². The van der Waals surface area contributed by atoms with Crippen LogP contribution in [0.25, 0.3) is 10.8 Å². The maximum atomic E-state index is 12.6. The number of ketones is 1. The van der Waals surface area contributed by atoms with E-state index in [1.54, 1.807) is 17.8 Å². The lowest BCUT2D eigenvalue weighted by molar-refractivity contribution is -0.111. The van der Waals surface area contributed by atoms with Crippen LogP contribution in [0.5, 0.6) is 5.75 Å². The third kappa shape index (κ3) is 3.18. The van der Waals surface area contributed by atoms with Crippen molar-refractivity contribution in [2.75, 3.05) is 6.26 Å². The van der Waals surface area contributed by atoms with Gasteiger partial charge in [0.25, 0.3) is 0 Å². The molecule has 2 heterocycles. The predicted molar refractivity (Wildman–Crippen MR) is 131 cm³/mol. The number of rotatable bonds is 2. The molecule has 4 unspecified atom stereocenters. The van der Waals surface area contributed by atoms with Crippen LogP contribution in [0.1, 0.15) is 42.3 Å². The Morgan fingerprint density at radius 2 is 1.94 bits per heavy atom. The van der Waals surface area contributed by atoms with Crippen LogP contribution in [-0.2, 0) is 4.79 Å². The van der Waals surface area contributed by atoms with Gasteiger partial charge in [-0.25, -0.2) is 0 Å². The Morgan fingerprint density at radius 1 is 1.09 bits per heavy atom. The molecule has 2 aliphatic carbocycles. The number of ether oxygens (including phenoxy) is 1. The molecule has 0 aromatic heterocycles. The summed E-state index contributed by atoms with van der Waals surface area (Å²) in [6, 6.07) is 11.0. The van der Waals surface area contributed by atoms with Gasteiger partial charge in [-0.1, -0.05) is 48.6 Å². The summed E-state index contributed by atoms with van der Waals surface area (Å²) >= 11 is 1.80. The largest absolute Gasteiger partial charge is 0.485 e. The van der Waals surface area contributed by atoms with Crippen molar-refractivity contribution in [1.82, 2.24) is 10.6 Å². The summed E-state index contributed by atoms with van der Waals surface area (Å²) in [5.41, 5.74) is 3.39. The molecule has 2 aromatic rings. The van der Waals surface area contributed by atoms with Crippen LogP contribution in [0, 0.1) is 0 Å². The number of allylic oxidation sites excluding steroid dienone is 5. The molecule has 0 amide bonds. The van der Waals surface area contributed by atoms with Gasteiger partial charge in [0.1, 0.15) is 17.7 Å². The molecule has 2 aliphatic heterocycles. The molecule has 162 valence electrons. The highest BCUT2D eigenvalue weighted by Crippen LogP contribution is 2.48. The van der Waals surface area contributed by atoms with E-state index in [1.807, 2.05) is 6.08 Å². The summed E-state index contributed by atoms with van der Waals surface area (Å²) in [7, 11) is 0. The minimum Gasteiger partial charge on any atom is -0.485 e. The van der Waals surface area contributed by atoms with Gasteiger partial charge in [0, 0.05) is 23.5 Å². The smallest absolute Gasteiger partial charge is 0.185 e. The second-order valence-corrected chi connectivity index (χ2v) is 9.80. The van der Waals surface area contributed by atoms with Crippen LogP contribution >= 0.6 is 11.8 Å². The zero-order valence-corrected chi connectivity index (χ0v) is 18.8. The molecule has 2 aromatic carbocycles. The maximum absolute atomic E-state index is 12.6. The van der Waals surface area contributed by atoms with Crippen molar-refractivity contribution in [2.45, 2.75) is 42.7 Å². The lowest BCUT2D eigenvalue weighted by Crippen LogP contribution is -2.44. The van der Waals surface area contributed by atoms with Crippen LogP contribution in [0.15, 0.2) is 78.2 Å². The van der Waals surface area contributed by atoms with Gasteiger partial charge in [0.05, 0.1) is 11.4 Å². The molecule has 4 nitrogen and oxygen atoms in total. The summed E-state index contributed by atoms with van der Waals surface area (Å²) < 4.78 is 6.40. The van der Waals surface area contributed by atoms with E-state index < -0.39 is 0 Å². The summed E-state index contributed by atoms with van der Waals surface area (Å²) in [6.07, 6.45) is 17.1. The number of carbonyl (C=O) groups excluding carboxylic acids is 1. The first-order chi connectivity index (χ1) is 15.7. The number of hydrogen-bond acceptors (Lipinski definition) is 5. The van der Waals surface area contributed by atoms with Crippen LogP contribution in [0.4, 0.5) is 0 Å². The van der Waals surface area contributed by atoms with E-state index in [0.717, 1.165) is 36.4 Å². The fourth-order valence-electron chi connectivity index (χ4n) is 5.37. The van der Waals surface area contributed by atoms with Crippen LogP contribution in [0.2, 0.25) is 0 Å². The normalized spacial score (nSPS) is 30.5. The third-order valence-corrected chi connectivity index (χ3v) is 7.80. The molecule has 32 heavy (non-hydrogen) atoms. The zero-order chi connectivity index (χ0) is 21.7. The molecule has 0 saturated carbocycles. The van der Waals surface area contributed by atoms with E-state index in [2.05, 4.69) is 71.5 Å². The third-order valence-electron chi connectivity index (χ3n) is 6.92. The average Bonchev–Trinajstić information content (AvgIpc) is 3.22. The van der Waals surface area contributed by atoms with Crippen molar-refractivity contribution in [3.63, 3.8) is 0 Å². The van der Waals surface area contributed by atoms with Crippen molar-refractivity contribution in [3.05, 3.63) is 89.3 Å². The van der Waals surface area contributed by atoms with E-state index >= 15 is 0 Å². The maximum Gasteiger partial charge on any atom is 0.185 e. The highest BCUT2D eigenvalue weighted by Gasteiger charge is 2.36. The monoisotopic (exact) mass is 442 g/mol. The average molecular weight is 443 g/mol. The van der Waals surface area contributed by atoms with E-state index in [9.17, 15) is 4.79 Å². The number of nitrogens with one attached hydrogen (secondary N) is 2. The van der Waals surface area contributed by atoms with Crippen molar-refractivity contribution in [2.24, 2.45) is 0 Å². The Bertz CT molecular complexity index is 1230. The molecule has 4 aliphatic rings. The summed E-state index contributed by atoms with van der Waals surface area (Å²) in [6.45, 7) is 0. The van der Waals surface area contributed by atoms with Crippen molar-refractivity contribution >= 4 is 28.3 Å². The lowest BCUT2D eigenvalue weighted by Gasteiger charge is -2.36. The highest BCUT2D eigenvalue weighted by molar-refractivity contribution is 7.99. The molecule has 4 atom stereocenters. The molecule has 5 heteroatoms. The van der Waals surface area contributed by atoms with Gasteiger partial charge in [-0.15, -0.1) is 11.8 Å². The van der Waals surface area contributed by atoms with E-state index in [0.29, 0.717) is 0 Å². The lowest BCUT2D eigenvalue weighted by atomic mass is 9.85. The van der Waals surface area contributed by atoms with Gasteiger partial charge in [-0.3, -0.25) is 4.79 Å². The minimum atomic E-state index is 0.0675. The van der Waals surface area contributed by atoms with Crippen molar-refractivity contribution in [3.8, 4) is 5.75 Å². The van der Waals surface area contributed by atoms with Crippen molar-refractivity contribution < 1.29 is 9.53 Å². The first-order valence-electron chi connectivity index (χ1n) is 11.3. The fourth-order valence-corrected chi connectivity index (χ4v) is 5.99. The quantitative estimate of drug-likeness (QED) is 0.622. The summed E-state index contributed by atoms with van der Waals surface area (Å²) in [4.78, 5) is 12.6. The summed E-state index contributed by atoms with van der Waals surface area (Å²) in [5.74, 6) is 2.24. The molecule has 1 fully saturated rings. The van der Waals surface area contributed by atoms with Gasteiger partial charge < -0.3 is 15.4 Å². The Labute approximate surface area is 192 Å². The first kappa shape index (κ1) is 19.7. The molecule has 2 N–H and O–H groups in total. The van der Waals surface area contributed by atoms with Gasteiger partial charge in [0.2, 0.25) is 0 Å². The second kappa shape index (κ2) is 7.89. The number of benzene rings is 2. The number of thioether (sulfide) groups is 1. The number of carbonyl (C=O) groups is 1. The predicted octanol–water partition coefficient (Wildman–Crippen LogP) is 5.25. The van der Waals surface area contributed by atoms with Gasteiger partial charge in [-0.05, 0) is 53.7 Å². The molecule has 0 spiro atoms. The SMILES string of the molecule is CSC1CC(c2cc3c(c4ccccc24)C2C=CC=CC2O3)NC(=C2CCC=CC2=O)N1. The van der Waals surface area contributed by atoms with Gasteiger partial charge >= 0.3 is 0 Å². The Hall–Kier alpha value is -2.92. The van der Waals surface area contributed by atoms with E-state index in [-0.39, 0.29) is 29.2 Å². The minimum absolute atomic E-state index is 0.0675. The molecule has 1 saturated heterocycles. The van der Waals surface area contributed by atoms with Crippen molar-refractivity contribution in [1.29, 1.82) is 0 Å². The Kier molecular flexibility index (Phi) is 4.87. The van der Waals surface area contributed by atoms with E-state index in [4.69, 9.17) is 4.74 Å². The Balaban J connectivity index is 1.47. The molecular formula is C27H26N2O2S. The molecular weight excluding hydrogens is 416 g/mol. The van der Waals surface area contributed by atoms with Crippen LogP contribution in [0.3, 0.4) is 0 Å². The first-order valence-corrected chi connectivity index (χ1v) is 12.6. The number of hydrogen-bond donors (Lipinski definition) is 2. The Morgan fingerprint density at radius 3 is 2.78 bits per heavy atom. The highest BCUT2D eigenvalue weighted by atomic mass is 32.2.